The van der Waals surface area contributed by atoms with Gasteiger partial charge < -0.3 is 16.0 Å². The quantitative estimate of drug-likeness (QED) is 0.874. The van der Waals surface area contributed by atoms with E-state index < -0.39 is 0 Å². The van der Waals surface area contributed by atoms with Gasteiger partial charge >= 0.3 is 0 Å². The normalized spacial score (nSPS) is 20.1. The molecule has 2 rings (SSSR count). The third kappa shape index (κ3) is 4.69. The predicted molar refractivity (Wildman–Crippen MR) is 91.5 cm³/mol. The highest BCUT2D eigenvalue weighted by atomic mass is 35.5. The van der Waals surface area contributed by atoms with E-state index in [-0.39, 0.29) is 35.7 Å². The van der Waals surface area contributed by atoms with Crippen molar-refractivity contribution in [2.75, 3.05) is 19.6 Å². The molecule has 1 fully saturated rings. The number of likely N-dealkylation sites (tertiary alicyclic amines) is 1. The van der Waals surface area contributed by atoms with Gasteiger partial charge in [-0.05, 0) is 23.3 Å². The van der Waals surface area contributed by atoms with Crippen molar-refractivity contribution in [2.24, 2.45) is 11.1 Å². The number of carbonyl (C=O) groups excluding carboxylic acids is 2. The monoisotopic (exact) mass is 345 g/mol. The average molecular weight is 346 g/mol. The smallest absolute Gasteiger partial charge is 0.252 e. The van der Waals surface area contributed by atoms with Crippen LogP contribution < -0.4 is 11.1 Å². The summed E-state index contributed by atoms with van der Waals surface area (Å²) >= 11 is 1.48. The first-order valence-corrected chi connectivity index (χ1v) is 8.18. The minimum atomic E-state index is -0.120. The van der Waals surface area contributed by atoms with Crippen molar-refractivity contribution in [3.05, 3.63) is 22.4 Å². The minimum absolute atomic E-state index is 0. The Labute approximate surface area is 141 Å². The third-order valence-corrected chi connectivity index (χ3v) is 4.76. The zero-order valence-corrected chi connectivity index (χ0v) is 14.6. The Balaban J connectivity index is 0.00000242. The van der Waals surface area contributed by atoms with Gasteiger partial charge in [0.05, 0.1) is 0 Å². The molecule has 1 aromatic rings. The first-order chi connectivity index (χ1) is 9.90. The molecule has 22 heavy (non-hydrogen) atoms. The fourth-order valence-electron chi connectivity index (χ4n) is 2.52. The number of piperidine rings is 1. The Kier molecular flexibility index (Phi) is 6.84. The summed E-state index contributed by atoms with van der Waals surface area (Å²) in [4.78, 5) is 25.8. The van der Waals surface area contributed by atoms with Crippen LogP contribution in [-0.4, -0.2) is 42.4 Å². The predicted octanol–water partition coefficient (Wildman–Crippen LogP) is 1.88. The molecule has 1 atom stereocenters. The molecule has 1 aliphatic rings. The fourth-order valence-corrected chi connectivity index (χ4v) is 3.16. The van der Waals surface area contributed by atoms with Crippen molar-refractivity contribution in [3.63, 3.8) is 0 Å². The van der Waals surface area contributed by atoms with Crippen LogP contribution in [0.2, 0.25) is 0 Å². The molecule has 0 spiro atoms. The van der Waals surface area contributed by atoms with Crippen LogP contribution in [0.1, 0.15) is 37.0 Å². The maximum atomic E-state index is 12.2. The van der Waals surface area contributed by atoms with Gasteiger partial charge in [-0.2, -0.15) is 11.3 Å². The number of nitrogens with one attached hydrogen (secondary N) is 1. The van der Waals surface area contributed by atoms with Crippen LogP contribution in [0.25, 0.3) is 0 Å². The lowest BCUT2D eigenvalue weighted by atomic mass is 9.79. The molecule has 124 valence electrons. The topological polar surface area (TPSA) is 75.4 Å². The number of halogens is 1. The number of hydrogen-bond acceptors (Lipinski definition) is 4. The van der Waals surface area contributed by atoms with Crippen molar-refractivity contribution < 1.29 is 9.59 Å². The summed E-state index contributed by atoms with van der Waals surface area (Å²) in [5.41, 5.74) is 6.68. The molecular formula is C15H24ClN3O2S. The molecule has 1 unspecified atom stereocenters. The maximum absolute atomic E-state index is 12.2. The largest absolute Gasteiger partial charge is 0.351 e. The zero-order valence-electron chi connectivity index (χ0n) is 13.0. The summed E-state index contributed by atoms with van der Waals surface area (Å²) in [5.74, 6) is -0.0364. The van der Waals surface area contributed by atoms with Gasteiger partial charge in [-0.25, -0.2) is 0 Å². The number of hydrogen-bond donors (Lipinski definition) is 2. The van der Waals surface area contributed by atoms with Gasteiger partial charge in [0.2, 0.25) is 5.91 Å². The molecule has 5 nitrogen and oxygen atoms in total. The first-order valence-electron chi connectivity index (χ1n) is 7.24. The third-order valence-electron chi connectivity index (χ3n) is 4.07. The summed E-state index contributed by atoms with van der Waals surface area (Å²) in [6.07, 6.45) is 1.17. The van der Waals surface area contributed by atoms with Crippen molar-refractivity contribution >= 4 is 35.6 Å². The van der Waals surface area contributed by atoms with E-state index in [4.69, 9.17) is 5.73 Å². The standard InChI is InChI=1S/C15H23N3O2S.ClH/c1-15(2)10-18(7-4-12(15)16)13(19)3-6-17-14(20)11-5-8-21-9-11;/h5,8-9,12H,3-4,6-7,10,16H2,1-2H3,(H,17,20);1H. The van der Waals surface area contributed by atoms with Gasteiger partial charge in [0.1, 0.15) is 0 Å². The van der Waals surface area contributed by atoms with Crippen molar-refractivity contribution in [3.8, 4) is 0 Å². The Morgan fingerprint density at radius 2 is 2.23 bits per heavy atom. The van der Waals surface area contributed by atoms with Gasteiger partial charge in [-0.3, -0.25) is 9.59 Å². The van der Waals surface area contributed by atoms with Gasteiger partial charge in [0.15, 0.2) is 0 Å². The van der Waals surface area contributed by atoms with E-state index >= 15 is 0 Å². The number of amides is 2. The molecule has 7 heteroatoms. The summed E-state index contributed by atoms with van der Waals surface area (Å²) < 4.78 is 0. The lowest BCUT2D eigenvalue weighted by Gasteiger charge is -2.42. The van der Waals surface area contributed by atoms with Crippen molar-refractivity contribution in [1.29, 1.82) is 0 Å². The number of nitrogens with two attached hydrogens (primary N) is 1. The average Bonchev–Trinajstić information content (AvgIpc) is 2.95. The second-order valence-electron chi connectivity index (χ2n) is 6.22. The molecule has 0 aliphatic carbocycles. The maximum Gasteiger partial charge on any atom is 0.252 e. The number of rotatable bonds is 4. The molecule has 0 bridgehead atoms. The van der Waals surface area contributed by atoms with E-state index in [1.807, 2.05) is 10.3 Å². The number of carbonyl (C=O) groups is 2. The summed E-state index contributed by atoms with van der Waals surface area (Å²) in [6, 6.07) is 1.91. The summed E-state index contributed by atoms with van der Waals surface area (Å²) in [7, 11) is 0. The zero-order chi connectivity index (χ0) is 15.5. The molecule has 0 saturated carbocycles. The highest BCUT2D eigenvalue weighted by Crippen LogP contribution is 2.27. The molecule has 1 saturated heterocycles. The number of thiophene rings is 1. The van der Waals surface area contributed by atoms with E-state index in [2.05, 4.69) is 19.2 Å². The van der Waals surface area contributed by atoms with E-state index in [1.54, 1.807) is 11.4 Å². The van der Waals surface area contributed by atoms with Crippen molar-refractivity contribution in [1.82, 2.24) is 10.2 Å². The Morgan fingerprint density at radius 3 is 2.82 bits per heavy atom. The molecular weight excluding hydrogens is 322 g/mol. The lowest BCUT2D eigenvalue weighted by Crippen LogP contribution is -2.54. The second-order valence-corrected chi connectivity index (χ2v) is 7.00. The van der Waals surface area contributed by atoms with E-state index in [0.717, 1.165) is 6.42 Å². The number of nitrogens with zero attached hydrogens (tertiary/aromatic N) is 1. The molecule has 1 aliphatic heterocycles. The fraction of sp³-hybridized carbons (Fsp3) is 0.600. The molecule has 1 aromatic heterocycles. The van der Waals surface area contributed by atoms with Crippen LogP contribution in [0.3, 0.4) is 0 Å². The van der Waals surface area contributed by atoms with Gasteiger partial charge in [0.25, 0.3) is 5.91 Å². The Bertz CT molecular complexity index is 505. The van der Waals surface area contributed by atoms with E-state index in [1.165, 1.54) is 11.3 Å². The molecule has 2 heterocycles. The van der Waals surface area contributed by atoms with E-state index in [9.17, 15) is 9.59 Å². The van der Waals surface area contributed by atoms with Gasteiger partial charge in [0, 0.05) is 43.0 Å². The molecule has 3 N–H and O–H groups in total. The van der Waals surface area contributed by atoms with Crippen molar-refractivity contribution in [2.45, 2.75) is 32.7 Å². The first kappa shape index (κ1) is 18.9. The lowest BCUT2D eigenvalue weighted by molar-refractivity contribution is -0.134. The highest BCUT2D eigenvalue weighted by Gasteiger charge is 2.34. The molecule has 2 amide bonds. The van der Waals surface area contributed by atoms with Crippen LogP contribution in [0.15, 0.2) is 16.8 Å². The highest BCUT2D eigenvalue weighted by molar-refractivity contribution is 7.08. The van der Waals surface area contributed by atoms with Crippen LogP contribution >= 0.6 is 23.7 Å². The summed E-state index contributed by atoms with van der Waals surface area (Å²) in [5, 5.41) is 6.44. The van der Waals surface area contributed by atoms with Crippen LogP contribution in [-0.2, 0) is 4.79 Å². The molecule has 0 radical (unpaired) electrons. The Morgan fingerprint density at radius 1 is 1.50 bits per heavy atom. The summed E-state index contributed by atoms with van der Waals surface area (Å²) in [6.45, 7) is 5.95. The Hall–Kier alpha value is -1.11. The van der Waals surface area contributed by atoms with Gasteiger partial charge in [-0.15, -0.1) is 12.4 Å². The van der Waals surface area contributed by atoms with Gasteiger partial charge in [-0.1, -0.05) is 13.8 Å². The molecule has 0 aromatic carbocycles. The van der Waals surface area contributed by atoms with Crippen LogP contribution in [0.5, 0.6) is 0 Å². The van der Waals surface area contributed by atoms with E-state index in [0.29, 0.717) is 31.6 Å². The second kappa shape index (κ2) is 7.94. The van der Waals surface area contributed by atoms with Crippen LogP contribution in [0, 0.1) is 5.41 Å². The minimum Gasteiger partial charge on any atom is -0.351 e. The van der Waals surface area contributed by atoms with Crippen LogP contribution in [0.4, 0.5) is 0 Å². The SMILES string of the molecule is CC1(C)CN(C(=O)CCNC(=O)c2ccsc2)CCC1N.Cl.